The minimum absolute atomic E-state index is 0.0405. The number of carbonyl (C=O) groups excluding carboxylic acids is 2. The van der Waals surface area contributed by atoms with Gasteiger partial charge in [-0.15, -0.1) is 0 Å². The minimum atomic E-state index is -4.65. The van der Waals surface area contributed by atoms with Gasteiger partial charge in [0.1, 0.15) is 19.8 Å². The van der Waals surface area contributed by atoms with Crippen LogP contribution < -0.4 is 4.89 Å². The third kappa shape index (κ3) is 67.5. The van der Waals surface area contributed by atoms with Crippen molar-refractivity contribution in [1.82, 2.24) is 0 Å². The molecule has 0 aliphatic heterocycles. The zero-order valence-electron chi connectivity index (χ0n) is 54.8. The Balaban J connectivity index is 4.02. The molecule has 0 fully saturated rings. The molecular formula is C74H128NO8P. The Morgan fingerprint density at radius 3 is 0.952 bits per heavy atom. The van der Waals surface area contributed by atoms with E-state index in [4.69, 9.17) is 18.5 Å². The summed E-state index contributed by atoms with van der Waals surface area (Å²) in [6.07, 6.45) is 91.4. The highest BCUT2D eigenvalue weighted by Gasteiger charge is 2.22. The Morgan fingerprint density at radius 2 is 0.643 bits per heavy atom. The number of phosphoric acid groups is 1. The van der Waals surface area contributed by atoms with E-state index in [9.17, 15) is 19.0 Å². The molecule has 9 nitrogen and oxygen atoms in total. The Labute approximate surface area is 518 Å². The molecule has 0 radical (unpaired) electrons. The molecule has 482 valence electrons. The average Bonchev–Trinajstić information content (AvgIpc) is 3.61. The van der Waals surface area contributed by atoms with Gasteiger partial charge in [0.05, 0.1) is 27.7 Å². The van der Waals surface area contributed by atoms with Crippen LogP contribution in [0.3, 0.4) is 0 Å². The summed E-state index contributed by atoms with van der Waals surface area (Å²) in [5.74, 6) is -0.859. The SMILES string of the molecule is CC/C=C\C/C=C\C/C=C\C/C=C\C/C=C\C/C=C\CCCCCCC(=O)OC(COC(=O)CCCCCCCCCCCCCCCCCCCCCCCCCC/C=C\C/C=C\C/C=C\C/C=C\CC)COP(=O)([O-])OCC[N+](C)(C)C. The Kier molecular flexibility index (Phi) is 61.2. The number of hydrogen-bond donors (Lipinski definition) is 0. The van der Waals surface area contributed by atoms with E-state index >= 15 is 0 Å². The number of rotatable bonds is 62. The predicted octanol–water partition coefficient (Wildman–Crippen LogP) is 21.6. The van der Waals surface area contributed by atoms with E-state index in [-0.39, 0.29) is 32.0 Å². The molecule has 0 aliphatic rings. The van der Waals surface area contributed by atoms with Crippen LogP contribution in [0.25, 0.3) is 0 Å². The number of carbonyl (C=O) groups is 2. The number of quaternary nitrogens is 1. The molecule has 2 unspecified atom stereocenters. The summed E-state index contributed by atoms with van der Waals surface area (Å²) < 4.78 is 34.2. The van der Waals surface area contributed by atoms with Crippen LogP contribution in [-0.4, -0.2) is 70.0 Å². The largest absolute Gasteiger partial charge is 0.756 e. The topological polar surface area (TPSA) is 111 Å². The van der Waals surface area contributed by atoms with Crippen molar-refractivity contribution >= 4 is 19.8 Å². The number of nitrogens with zero attached hydrogens (tertiary/aromatic N) is 1. The Morgan fingerprint density at radius 1 is 0.369 bits per heavy atom. The molecule has 0 aliphatic carbocycles. The van der Waals surface area contributed by atoms with Gasteiger partial charge in [0.25, 0.3) is 7.82 Å². The van der Waals surface area contributed by atoms with Crippen molar-refractivity contribution in [2.45, 2.75) is 290 Å². The van der Waals surface area contributed by atoms with E-state index in [1.807, 2.05) is 21.1 Å². The number of unbranched alkanes of at least 4 members (excludes halogenated alkanes) is 28. The lowest BCUT2D eigenvalue weighted by Crippen LogP contribution is -2.37. The third-order valence-electron chi connectivity index (χ3n) is 14.5. The molecule has 0 aromatic rings. The van der Waals surface area contributed by atoms with Crippen molar-refractivity contribution in [2.24, 2.45) is 0 Å². The molecule has 0 N–H and O–H groups in total. The van der Waals surface area contributed by atoms with Crippen LogP contribution >= 0.6 is 7.82 Å². The summed E-state index contributed by atoms with van der Waals surface area (Å²) in [6, 6.07) is 0. The smallest absolute Gasteiger partial charge is 0.306 e. The van der Waals surface area contributed by atoms with Crippen molar-refractivity contribution < 1.29 is 42.1 Å². The first kappa shape index (κ1) is 80.4. The quantitative estimate of drug-likeness (QED) is 0.0195. The van der Waals surface area contributed by atoms with E-state index in [0.29, 0.717) is 17.4 Å². The summed E-state index contributed by atoms with van der Waals surface area (Å²) in [7, 11) is 1.14. The molecule has 0 aromatic heterocycles. The maximum Gasteiger partial charge on any atom is 0.306 e. The third-order valence-corrected chi connectivity index (χ3v) is 15.4. The van der Waals surface area contributed by atoms with E-state index in [1.165, 1.54) is 141 Å². The first-order valence-electron chi connectivity index (χ1n) is 34.2. The highest BCUT2D eigenvalue weighted by Crippen LogP contribution is 2.38. The number of phosphoric ester groups is 1. The van der Waals surface area contributed by atoms with Crippen LogP contribution in [0.1, 0.15) is 284 Å². The standard InChI is InChI=1S/C74H128NO8P/c1-6-8-10-12-14-16-18-20-22-24-26-28-30-31-32-33-34-35-36-37-38-39-40-41-42-43-45-46-48-50-52-54-56-58-60-62-64-66-73(76)80-70-72(71-82-84(78,79)81-69-68-75(3,4)5)83-74(77)67-65-63-61-59-57-55-53-51-49-47-44-29-27-25-23-21-19-17-15-13-11-9-7-2/h8-11,14-17,20-23,26-29,47,49,53,55,72H,6-7,12-13,18-19,24-25,30-46,48,50-52,54,56-71H2,1-5H3/b10-8-,11-9-,16-14-,17-15-,22-20-,23-21-,28-26-,29-27-,49-47-,55-53-. The monoisotopic (exact) mass is 1190 g/mol. The average molecular weight is 1190 g/mol. The molecule has 0 rings (SSSR count). The Bertz CT molecular complexity index is 1830. The first-order chi connectivity index (χ1) is 41.0. The van der Waals surface area contributed by atoms with Crippen LogP contribution in [0.15, 0.2) is 122 Å². The lowest BCUT2D eigenvalue weighted by Gasteiger charge is -2.28. The van der Waals surface area contributed by atoms with Gasteiger partial charge in [0.15, 0.2) is 6.10 Å². The second-order valence-corrected chi connectivity index (χ2v) is 25.2. The Hall–Kier alpha value is -3.59. The fourth-order valence-electron chi connectivity index (χ4n) is 9.30. The van der Waals surface area contributed by atoms with Crippen molar-refractivity contribution in [3.63, 3.8) is 0 Å². The maximum atomic E-state index is 12.8. The second-order valence-electron chi connectivity index (χ2n) is 23.8. The van der Waals surface area contributed by atoms with Crippen LogP contribution in [0, 0.1) is 0 Å². The minimum Gasteiger partial charge on any atom is -0.756 e. The zero-order valence-corrected chi connectivity index (χ0v) is 55.7. The summed E-state index contributed by atoms with van der Waals surface area (Å²) in [4.78, 5) is 38.0. The highest BCUT2D eigenvalue weighted by atomic mass is 31.2. The molecule has 84 heavy (non-hydrogen) atoms. The first-order valence-corrected chi connectivity index (χ1v) is 35.7. The molecule has 0 spiro atoms. The van der Waals surface area contributed by atoms with E-state index in [1.54, 1.807) is 0 Å². The molecule has 2 atom stereocenters. The number of ether oxygens (including phenoxy) is 2. The number of hydrogen-bond acceptors (Lipinski definition) is 8. The fourth-order valence-corrected chi connectivity index (χ4v) is 10.0. The van der Waals surface area contributed by atoms with Crippen molar-refractivity contribution in [2.75, 3.05) is 47.5 Å². The molecular weight excluding hydrogens is 1060 g/mol. The van der Waals surface area contributed by atoms with E-state index < -0.39 is 26.5 Å². The van der Waals surface area contributed by atoms with Crippen LogP contribution in [0.5, 0.6) is 0 Å². The van der Waals surface area contributed by atoms with Gasteiger partial charge in [-0.2, -0.15) is 0 Å². The van der Waals surface area contributed by atoms with Gasteiger partial charge in [0, 0.05) is 12.8 Å². The van der Waals surface area contributed by atoms with Gasteiger partial charge in [-0.3, -0.25) is 14.2 Å². The molecule has 0 saturated heterocycles. The highest BCUT2D eigenvalue weighted by molar-refractivity contribution is 7.45. The maximum absolute atomic E-state index is 12.8. The lowest BCUT2D eigenvalue weighted by molar-refractivity contribution is -0.870. The summed E-state index contributed by atoms with van der Waals surface area (Å²) in [5, 5.41) is 0. The van der Waals surface area contributed by atoms with Crippen LogP contribution in [0.4, 0.5) is 0 Å². The zero-order chi connectivity index (χ0) is 61.2. The van der Waals surface area contributed by atoms with Gasteiger partial charge in [-0.05, 0) is 103 Å². The summed E-state index contributed by atoms with van der Waals surface area (Å²) in [6.45, 7) is 4.00. The van der Waals surface area contributed by atoms with Gasteiger partial charge in [-0.1, -0.05) is 289 Å². The van der Waals surface area contributed by atoms with E-state index in [2.05, 4.69) is 135 Å². The van der Waals surface area contributed by atoms with Crippen molar-refractivity contribution in [1.29, 1.82) is 0 Å². The molecule has 0 amide bonds. The van der Waals surface area contributed by atoms with Crippen molar-refractivity contribution in [3.05, 3.63) is 122 Å². The molecule has 0 saturated carbocycles. The van der Waals surface area contributed by atoms with Gasteiger partial charge < -0.3 is 27.9 Å². The molecule has 0 heterocycles. The molecule has 0 bridgehead atoms. The number of allylic oxidation sites excluding steroid dienone is 20. The molecule has 0 aromatic carbocycles. The molecule has 10 heteroatoms. The second kappa shape index (κ2) is 63.9. The van der Waals surface area contributed by atoms with Gasteiger partial charge in [0.2, 0.25) is 0 Å². The summed E-state index contributed by atoms with van der Waals surface area (Å²) in [5.41, 5.74) is 0. The normalized spacial score (nSPS) is 13.9. The number of likely N-dealkylation sites (N-methyl/N-ethyl adjacent to an activating group) is 1. The van der Waals surface area contributed by atoms with Crippen LogP contribution in [-0.2, 0) is 32.7 Å². The van der Waals surface area contributed by atoms with Gasteiger partial charge in [-0.25, -0.2) is 0 Å². The van der Waals surface area contributed by atoms with Gasteiger partial charge >= 0.3 is 11.9 Å². The fraction of sp³-hybridized carbons (Fsp3) is 0.703. The van der Waals surface area contributed by atoms with E-state index in [0.717, 1.165) is 109 Å². The van der Waals surface area contributed by atoms with Crippen molar-refractivity contribution in [3.8, 4) is 0 Å². The van der Waals surface area contributed by atoms with Crippen LogP contribution in [0.2, 0.25) is 0 Å². The lowest BCUT2D eigenvalue weighted by atomic mass is 10.0. The number of esters is 2. The summed E-state index contributed by atoms with van der Waals surface area (Å²) >= 11 is 0. The predicted molar refractivity (Wildman–Crippen MR) is 360 cm³/mol.